The van der Waals surface area contributed by atoms with Crippen molar-refractivity contribution in [1.29, 1.82) is 0 Å². The molecule has 0 atom stereocenters. The fourth-order valence-electron chi connectivity index (χ4n) is 3.10. The van der Waals surface area contributed by atoms with Gasteiger partial charge in [-0.15, -0.1) is 24.3 Å². The molecule has 2 aromatic heterocycles. The number of nitrogens with zero attached hydrogens (tertiary/aromatic N) is 6. The van der Waals surface area contributed by atoms with Crippen molar-refractivity contribution in [3.8, 4) is 22.9 Å². The zero-order chi connectivity index (χ0) is 21.9. The van der Waals surface area contributed by atoms with E-state index in [1.165, 1.54) is 9.59 Å². The topological polar surface area (TPSA) is 102 Å². The van der Waals surface area contributed by atoms with Gasteiger partial charge in [-0.25, -0.2) is 9.59 Å². The number of benzene rings is 4. The third-order valence-corrected chi connectivity index (χ3v) is 4.63. The van der Waals surface area contributed by atoms with E-state index in [-0.39, 0.29) is 44.2 Å². The molecule has 0 unspecified atom stereocenters. The second kappa shape index (κ2) is 9.89. The molecule has 0 aliphatic heterocycles. The van der Waals surface area contributed by atoms with E-state index in [1.807, 2.05) is 48.5 Å². The van der Waals surface area contributed by atoms with Crippen LogP contribution in [0.4, 0.5) is 0 Å². The number of para-hydroxylation sites is 2. The number of phenolic OH excluding ortho intramolecular Hbond substituents is 2. The van der Waals surface area contributed by atoms with Gasteiger partial charge in [-0.2, -0.15) is 44.7 Å². The van der Waals surface area contributed by atoms with Crippen LogP contribution in [0.15, 0.2) is 84.9 Å². The maximum atomic E-state index is 9.63. The van der Waals surface area contributed by atoms with Crippen molar-refractivity contribution < 1.29 is 42.9 Å². The number of hydrogen-bond donors (Lipinski definition) is 2. The number of aromatic nitrogens is 6. The van der Waals surface area contributed by atoms with Gasteiger partial charge in [0, 0.05) is 55.6 Å². The summed E-state index contributed by atoms with van der Waals surface area (Å²) in [7, 11) is 0. The molecule has 159 valence electrons. The molecule has 0 aliphatic rings. The first-order chi connectivity index (χ1) is 15.7. The van der Waals surface area contributed by atoms with Crippen LogP contribution in [0.2, 0.25) is 0 Å². The summed E-state index contributed by atoms with van der Waals surface area (Å²) in [6.45, 7) is 0. The molecule has 6 rings (SSSR count). The van der Waals surface area contributed by atoms with E-state index in [4.69, 9.17) is 0 Å². The van der Waals surface area contributed by atoms with Crippen molar-refractivity contribution >= 4 is 22.1 Å². The molecule has 9 heteroatoms. The van der Waals surface area contributed by atoms with Crippen LogP contribution in [0, 0.1) is 12.1 Å². The molecule has 2 N–H and O–H groups in total. The molecule has 0 saturated carbocycles. The molecule has 1 radical (unpaired) electrons. The Morgan fingerprint density at radius 3 is 1.15 bits per heavy atom. The van der Waals surface area contributed by atoms with E-state index < -0.39 is 0 Å². The predicted octanol–water partition coefficient (Wildman–Crippen LogP) is 3.85. The Bertz CT molecular complexity index is 1350. The van der Waals surface area contributed by atoms with E-state index in [9.17, 15) is 10.2 Å². The largest absolute Gasteiger partial charge is 0.532 e. The molecule has 2 heterocycles. The van der Waals surface area contributed by atoms with Gasteiger partial charge in [0.25, 0.3) is 0 Å². The quantitative estimate of drug-likeness (QED) is 0.344. The van der Waals surface area contributed by atoms with Gasteiger partial charge in [-0.3, -0.25) is 0 Å². The summed E-state index contributed by atoms with van der Waals surface area (Å²) in [5, 5.41) is 36.3. The molecule has 0 spiro atoms. The van der Waals surface area contributed by atoms with Crippen LogP contribution in [0.5, 0.6) is 11.5 Å². The first-order valence-corrected chi connectivity index (χ1v) is 9.73. The number of rotatable bonds is 2. The van der Waals surface area contributed by atoms with Crippen molar-refractivity contribution in [2.75, 3.05) is 0 Å². The Morgan fingerprint density at radius 1 is 0.515 bits per heavy atom. The Balaban J connectivity index is 0.000000152. The summed E-state index contributed by atoms with van der Waals surface area (Å²) < 4.78 is 0. The minimum absolute atomic E-state index is 0. The maximum Gasteiger partial charge on any atom is 0.112 e. The molecular formula is C24H16N6O2Y-2. The Hall–Kier alpha value is -3.62. The number of fused-ring (bicyclic) bond motifs is 2. The standard InChI is InChI=1S/2C12H8N3O.Y/c2*16-12-8-4-3-7-11(12)15-13-9-5-1-2-6-10(9)14-15;/h2*1-7,16H;/q2*-1;. The molecule has 6 aromatic rings. The third-order valence-electron chi connectivity index (χ3n) is 4.63. The monoisotopic (exact) mass is 509 g/mol. The van der Waals surface area contributed by atoms with Crippen LogP contribution >= 0.6 is 0 Å². The van der Waals surface area contributed by atoms with Crippen LogP contribution in [-0.4, -0.2) is 40.2 Å². The number of hydrogen-bond acceptors (Lipinski definition) is 6. The molecule has 4 aromatic carbocycles. The van der Waals surface area contributed by atoms with Gasteiger partial charge < -0.3 is 10.2 Å². The summed E-state index contributed by atoms with van der Waals surface area (Å²) in [6, 6.07) is 30.8. The van der Waals surface area contributed by atoms with E-state index >= 15 is 0 Å². The van der Waals surface area contributed by atoms with Crippen molar-refractivity contribution in [2.45, 2.75) is 0 Å². The normalized spacial score (nSPS) is 10.4. The van der Waals surface area contributed by atoms with E-state index in [0.717, 1.165) is 22.1 Å². The Morgan fingerprint density at radius 2 is 0.848 bits per heavy atom. The van der Waals surface area contributed by atoms with Crippen LogP contribution in [0.25, 0.3) is 33.4 Å². The van der Waals surface area contributed by atoms with E-state index in [0.29, 0.717) is 11.4 Å². The molecule has 0 aliphatic carbocycles. The van der Waals surface area contributed by atoms with Gasteiger partial charge in [-0.1, -0.05) is 24.3 Å². The van der Waals surface area contributed by atoms with Crippen LogP contribution in [0.3, 0.4) is 0 Å². The molecule has 33 heavy (non-hydrogen) atoms. The van der Waals surface area contributed by atoms with Gasteiger partial charge in [0.2, 0.25) is 0 Å². The van der Waals surface area contributed by atoms with Crippen molar-refractivity contribution in [3.05, 3.63) is 97.1 Å². The molecule has 0 amide bonds. The fraction of sp³-hybridized carbons (Fsp3) is 0. The number of aromatic hydroxyl groups is 2. The Kier molecular flexibility index (Phi) is 6.77. The zero-order valence-electron chi connectivity index (χ0n) is 17.2. The van der Waals surface area contributed by atoms with Gasteiger partial charge in [0.05, 0.1) is 0 Å². The van der Waals surface area contributed by atoms with Crippen molar-refractivity contribution in [2.24, 2.45) is 0 Å². The second-order valence-electron chi connectivity index (χ2n) is 6.76. The Labute approximate surface area is 214 Å². The van der Waals surface area contributed by atoms with Gasteiger partial charge in [0.15, 0.2) is 0 Å². The SMILES string of the molecule is Oc1[c-]cccc1-n1nc2ccccc2n1.Oc1[c-]cccc1-n1nc2ccccc2n1.[Y]. The minimum Gasteiger partial charge on any atom is -0.532 e. The summed E-state index contributed by atoms with van der Waals surface area (Å²) in [6.07, 6.45) is 0. The zero-order valence-corrected chi connectivity index (χ0v) is 20.1. The first kappa shape index (κ1) is 22.6. The molecule has 0 fully saturated rings. The van der Waals surface area contributed by atoms with Crippen molar-refractivity contribution in [3.63, 3.8) is 0 Å². The summed E-state index contributed by atoms with van der Waals surface area (Å²) >= 11 is 0. The fourth-order valence-corrected chi connectivity index (χ4v) is 3.10. The van der Waals surface area contributed by atoms with Crippen molar-refractivity contribution in [1.82, 2.24) is 30.0 Å². The number of phenols is 2. The van der Waals surface area contributed by atoms with Gasteiger partial charge in [-0.05, 0) is 24.3 Å². The average molecular weight is 509 g/mol. The smallest absolute Gasteiger partial charge is 0.112 e. The summed E-state index contributed by atoms with van der Waals surface area (Å²) in [4.78, 5) is 2.83. The van der Waals surface area contributed by atoms with Crippen LogP contribution in [-0.2, 0) is 32.7 Å². The second-order valence-corrected chi connectivity index (χ2v) is 6.76. The molecular weight excluding hydrogens is 493 g/mol. The van der Waals surface area contributed by atoms with Gasteiger partial charge in [0.1, 0.15) is 22.1 Å². The van der Waals surface area contributed by atoms with Gasteiger partial charge >= 0.3 is 0 Å². The van der Waals surface area contributed by atoms with Crippen LogP contribution in [0.1, 0.15) is 0 Å². The third kappa shape index (κ3) is 4.77. The van der Waals surface area contributed by atoms with E-state index in [1.54, 1.807) is 36.4 Å². The summed E-state index contributed by atoms with van der Waals surface area (Å²) in [5.41, 5.74) is 4.24. The molecule has 8 nitrogen and oxygen atoms in total. The molecule has 0 saturated heterocycles. The minimum atomic E-state index is 0. The first-order valence-electron chi connectivity index (χ1n) is 9.73. The maximum absolute atomic E-state index is 9.63. The summed E-state index contributed by atoms with van der Waals surface area (Å²) in [5.74, 6) is 0.0885. The predicted molar refractivity (Wildman–Crippen MR) is 119 cm³/mol. The van der Waals surface area contributed by atoms with E-state index in [2.05, 4.69) is 32.5 Å². The molecule has 0 bridgehead atoms. The van der Waals surface area contributed by atoms with Crippen LogP contribution < -0.4 is 0 Å². The average Bonchev–Trinajstić information content (AvgIpc) is 3.44.